The number of rotatable bonds is 6. The summed E-state index contributed by atoms with van der Waals surface area (Å²) < 4.78 is 43.1. The average molecular weight is 455 g/mol. The fraction of sp³-hybridized carbons (Fsp3) is 0.240. The van der Waals surface area contributed by atoms with Crippen LogP contribution in [-0.4, -0.2) is 34.6 Å². The fourth-order valence-electron chi connectivity index (χ4n) is 3.96. The molecule has 1 heterocycles. The van der Waals surface area contributed by atoms with Crippen LogP contribution in [-0.2, 0) is 6.42 Å². The molecule has 0 aliphatic carbocycles. The number of amides is 1. The van der Waals surface area contributed by atoms with Gasteiger partial charge in [-0.15, -0.1) is 0 Å². The molecule has 3 aromatic carbocycles. The molecule has 1 amide bonds. The van der Waals surface area contributed by atoms with Crippen molar-refractivity contribution in [3.63, 3.8) is 0 Å². The minimum absolute atomic E-state index is 0.0834. The molecule has 1 unspecified atom stereocenters. The zero-order valence-electron chi connectivity index (χ0n) is 18.0. The van der Waals surface area contributed by atoms with Crippen molar-refractivity contribution in [1.82, 2.24) is 4.90 Å². The normalized spacial score (nSPS) is 15.6. The lowest BCUT2D eigenvalue weighted by Gasteiger charge is -2.49. The summed E-state index contributed by atoms with van der Waals surface area (Å²) in [6.45, 7) is 1.70. The van der Waals surface area contributed by atoms with Gasteiger partial charge in [-0.3, -0.25) is 4.79 Å². The lowest BCUT2D eigenvalue weighted by atomic mass is 9.82. The van der Waals surface area contributed by atoms with E-state index in [4.69, 9.17) is 5.73 Å². The van der Waals surface area contributed by atoms with Gasteiger partial charge < -0.3 is 21.1 Å². The van der Waals surface area contributed by atoms with E-state index in [0.29, 0.717) is 12.0 Å². The van der Waals surface area contributed by atoms with Gasteiger partial charge in [0.1, 0.15) is 11.4 Å². The second-order valence-corrected chi connectivity index (χ2v) is 8.23. The molecule has 1 aliphatic rings. The number of hydrogen-bond donors (Lipinski definition) is 3. The quantitative estimate of drug-likeness (QED) is 0.518. The second-order valence-electron chi connectivity index (χ2n) is 8.23. The Balaban J connectivity index is 1.57. The van der Waals surface area contributed by atoms with Crippen molar-refractivity contribution in [3.05, 3.63) is 94.8 Å². The van der Waals surface area contributed by atoms with E-state index in [0.717, 1.165) is 17.7 Å². The zero-order valence-corrected chi connectivity index (χ0v) is 18.0. The van der Waals surface area contributed by atoms with Crippen LogP contribution in [0.3, 0.4) is 0 Å². The van der Waals surface area contributed by atoms with Gasteiger partial charge in [0.25, 0.3) is 5.91 Å². The smallest absolute Gasteiger partial charge is 0.256 e. The highest BCUT2D eigenvalue weighted by Crippen LogP contribution is 2.35. The summed E-state index contributed by atoms with van der Waals surface area (Å²) >= 11 is 0. The van der Waals surface area contributed by atoms with E-state index >= 15 is 0 Å². The molecule has 1 atom stereocenters. The van der Waals surface area contributed by atoms with E-state index in [1.807, 2.05) is 13.0 Å². The third-order valence-corrected chi connectivity index (χ3v) is 5.98. The summed E-state index contributed by atoms with van der Waals surface area (Å²) in [6, 6.07) is 14.6. The second kappa shape index (κ2) is 8.88. The Bertz CT molecular complexity index is 1180. The van der Waals surface area contributed by atoms with Crippen molar-refractivity contribution in [2.75, 3.05) is 18.4 Å². The molecule has 1 saturated heterocycles. The largest absolute Gasteiger partial charge is 0.384 e. The third-order valence-electron chi connectivity index (χ3n) is 5.98. The van der Waals surface area contributed by atoms with Gasteiger partial charge in [0.05, 0.1) is 36.1 Å². The van der Waals surface area contributed by atoms with Gasteiger partial charge >= 0.3 is 0 Å². The predicted molar refractivity (Wildman–Crippen MR) is 120 cm³/mol. The number of nitrogens with zero attached hydrogens (tertiary/aromatic N) is 1. The molecule has 8 heteroatoms. The van der Waals surface area contributed by atoms with Gasteiger partial charge in [-0.05, 0) is 41.8 Å². The number of carbonyl (C=O) groups is 1. The Morgan fingerprint density at radius 2 is 1.79 bits per heavy atom. The van der Waals surface area contributed by atoms with Crippen LogP contribution in [0.25, 0.3) is 0 Å². The number of β-amino-alcohol motifs (C(OH)–C–C–N with tert-alkyl or cyclic N) is 1. The summed E-state index contributed by atoms with van der Waals surface area (Å²) in [4.78, 5) is 14.4. The number of benzene rings is 3. The molecule has 0 bridgehead atoms. The monoisotopic (exact) mass is 455 g/mol. The van der Waals surface area contributed by atoms with E-state index < -0.39 is 40.7 Å². The van der Waals surface area contributed by atoms with Crippen LogP contribution in [0.4, 0.5) is 24.5 Å². The molecule has 0 saturated carbocycles. The van der Waals surface area contributed by atoms with Crippen molar-refractivity contribution in [3.8, 4) is 0 Å². The minimum Gasteiger partial charge on any atom is -0.384 e. The molecule has 1 fully saturated rings. The molecule has 0 spiro atoms. The first-order valence-corrected chi connectivity index (χ1v) is 10.6. The van der Waals surface area contributed by atoms with Gasteiger partial charge in [-0.2, -0.15) is 0 Å². The molecule has 1 aliphatic heterocycles. The van der Waals surface area contributed by atoms with Crippen molar-refractivity contribution in [2.45, 2.75) is 25.0 Å². The summed E-state index contributed by atoms with van der Waals surface area (Å²) in [6.07, 6.45) is 0.609. The molecular weight excluding hydrogens is 431 g/mol. The van der Waals surface area contributed by atoms with Gasteiger partial charge in [-0.1, -0.05) is 43.3 Å². The summed E-state index contributed by atoms with van der Waals surface area (Å²) in [7, 11) is 0. The van der Waals surface area contributed by atoms with Gasteiger partial charge in [0, 0.05) is 0 Å². The van der Waals surface area contributed by atoms with Crippen molar-refractivity contribution in [2.24, 2.45) is 5.73 Å². The van der Waals surface area contributed by atoms with Crippen LogP contribution in [0, 0.1) is 17.5 Å². The topological polar surface area (TPSA) is 78.6 Å². The van der Waals surface area contributed by atoms with Crippen LogP contribution >= 0.6 is 0 Å². The number of anilines is 2. The molecule has 0 radical (unpaired) electrons. The molecule has 0 aromatic heterocycles. The van der Waals surface area contributed by atoms with Crippen LogP contribution in [0.5, 0.6) is 0 Å². The highest BCUT2D eigenvalue weighted by molar-refractivity contribution is 6.01. The highest BCUT2D eigenvalue weighted by Gasteiger charge is 2.49. The molecule has 33 heavy (non-hydrogen) atoms. The standard InChI is InChI=1S/C25H24F3N3O2/c1-2-15-8-11-20(19(27)12-15)30-22-17(9-10-18(26)21(22)28)24(32)31-13-25(33,14-31)23(29)16-6-4-3-5-7-16/h3-12,23,30,33H,2,13-14,29H2,1H3. The van der Waals surface area contributed by atoms with Crippen molar-refractivity contribution in [1.29, 1.82) is 0 Å². The summed E-state index contributed by atoms with van der Waals surface area (Å²) in [5.41, 5.74) is 5.57. The van der Waals surface area contributed by atoms with Crippen molar-refractivity contribution < 1.29 is 23.1 Å². The number of carbonyl (C=O) groups excluding carboxylic acids is 1. The Morgan fingerprint density at radius 1 is 1.09 bits per heavy atom. The average Bonchev–Trinajstić information content (AvgIpc) is 2.80. The maximum atomic E-state index is 14.7. The Morgan fingerprint density at radius 3 is 2.42 bits per heavy atom. The number of aryl methyl sites for hydroxylation is 1. The van der Waals surface area contributed by atoms with Crippen LogP contribution < -0.4 is 11.1 Å². The van der Waals surface area contributed by atoms with E-state index in [-0.39, 0.29) is 24.3 Å². The first kappa shape index (κ1) is 22.8. The maximum absolute atomic E-state index is 14.7. The van der Waals surface area contributed by atoms with E-state index in [9.17, 15) is 23.1 Å². The van der Waals surface area contributed by atoms with Gasteiger partial charge in [0.2, 0.25) is 0 Å². The molecule has 4 N–H and O–H groups in total. The molecule has 3 aromatic rings. The highest BCUT2D eigenvalue weighted by atomic mass is 19.2. The Labute approximate surface area is 189 Å². The number of halogens is 3. The zero-order chi connectivity index (χ0) is 23.8. The Hall–Kier alpha value is -3.36. The molecular formula is C25H24F3N3O2. The third kappa shape index (κ3) is 4.31. The summed E-state index contributed by atoms with van der Waals surface area (Å²) in [5.74, 6) is -3.75. The SMILES string of the molecule is CCc1ccc(Nc2c(C(=O)N3CC(O)(C(N)c4ccccc4)C3)ccc(F)c2F)c(F)c1. The number of hydrogen-bond acceptors (Lipinski definition) is 4. The molecule has 5 nitrogen and oxygen atoms in total. The van der Waals surface area contributed by atoms with Crippen LogP contribution in [0.2, 0.25) is 0 Å². The molecule has 4 rings (SSSR count). The Kier molecular flexibility index (Phi) is 6.14. The van der Waals surface area contributed by atoms with Gasteiger partial charge in [-0.25, -0.2) is 13.2 Å². The van der Waals surface area contributed by atoms with Crippen molar-refractivity contribution >= 4 is 17.3 Å². The lowest BCUT2D eigenvalue weighted by molar-refractivity contribution is -0.0978. The first-order valence-electron chi connectivity index (χ1n) is 10.6. The van der Waals surface area contributed by atoms with Crippen LogP contribution in [0.1, 0.15) is 34.5 Å². The molecule has 172 valence electrons. The maximum Gasteiger partial charge on any atom is 0.256 e. The first-order chi connectivity index (χ1) is 15.7. The summed E-state index contributed by atoms with van der Waals surface area (Å²) in [5, 5.41) is 13.4. The number of aliphatic hydroxyl groups is 1. The predicted octanol–water partition coefficient (Wildman–Crippen LogP) is 4.30. The van der Waals surface area contributed by atoms with E-state index in [2.05, 4.69) is 5.32 Å². The number of nitrogens with two attached hydrogens (primary N) is 1. The fourth-order valence-corrected chi connectivity index (χ4v) is 3.96. The van der Waals surface area contributed by atoms with Gasteiger partial charge in [0.15, 0.2) is 11.6 Å². The van der Waals surface area contributed by atoms with E-state index in [1.165, 1.54) is 17.0 Å². The number of nitrogens with one attached hydrogen (secondary N) is 1. The lowest BCUT2D eigenvalue weighted by Crippen LogP contribution is -2.67. The van der Waals surface area contributed by atoms with Crippen LogP contribution in [0.15, 0.2) is 60.7 Å². The van der Waals surface area contributed by atoms with E-state index in [1.54, 1.807) is 30.3 Å². The number of likely N-dealkylation sites (tertiary alicyclic amines) is 1. The minimum atomic E-state index is -1.36.